The topological polar surface area (TPSA) is 85.9 Å². The summed E-state index contributed by atoms with van der Waals surface area (Å²) < 4.78 is 5.67. The number of likely N-dealkylation sites (N-methyl/N-ethyl adjacent to an activating group) is 1. The van der Waals surface area contributed by atoms with Crippen LogP contribution in [0.3, 0.4) is 0 Å². The Bertz CT molecular complexity index is 1190. The summed E-state index contributed by atoms with van der Waals surface area (Å²) in [5.74, 6) is 1.14. The van der Waals surface area contributed by atoms with Crippen molar-refractivity contribution in [3.63, 3.8) is 0 Å². The molecule has 9 nitrogen and oxygen atoms in total. The number of para-hydroxylation sites is 1. The highest BCUT2D eigenvalue weighted by Gasteiger charge is 2.24. The molecule has 33 heavy (non-hydrogen) atoms. The zero-order chi connectivity index (χ0) is 22.9. The molecule has 0 atom stereocenters. The van der Waals surface area contributed by atoms with Crippen molar-refractivity contribution in [2.45, 2.75) is 0 Å². The molecule has 2 amide bonds. The smallest absolute Gasteiger partial charge is 0.326 e. The molecule has 0 spiro atoms. The van der Waals surface area contributed by atoms with Crippen molar-refractivity contribution in [1.29, 1.82) is 0 Å². The monoisotopic (exact) mass is 445 g/mol. The molecule has 0 saturated carbocycles. The van der Waals surface area contributed by atoms with Gasteiger partial charge in [-0.3, -0.25) is 4.90 Å². The van der Waals surface area contributed by atoms with Gasteiger partial charge in [0.25, 0.3) is 0 Å². The number of piperazine rings is 1. The average molecular weight is 446 g/mol. The SMILES string of the molecule is COc1cc(N2CCN(C)CC2)ccc1Nc1ncc2c(n1)-c1ccccc1N(C)C(=O)N2. The lowest BCUT2D eigenvalue weighted by atomic mass is 10.1. The van der Waals surface area contributed by atoms with Crippen LogP contribution in [0.15, 0.2) is 48.7 Å². The van der Waals surface area contributed by atoms with Crippen molar-refractivity contribution in [3.8, 4) is 17.0 Å². The van der Waals surface area contributed by atoms with E-state index < -0.39 is 0 Å². The number of rotatable bonds is 4. The summed E-state index contributed by atoms with van der Waals surface area (Å²) in [6.45, 7) is 4.05. The summed E-state index contributed by atoms with van der Waals surface area (Å²) in [4.78, 5) is 27.9. The number of hydrogen-bond donors (Lipinski definition) is 2. The Morgan fingerprint density at radius 3 is 2.64 bits per heavy atom. The largest absolute Gasteiger partial charge is 0.494 e. The van der Waals surface area contributed by atoms with Crippen LogP contribution in [0.1, 0.15) is 0 Å². The molecule has 0 unspecified atom stereocenters. The number of carbonyl (C=O) groups excluding carboxylic acids is 1. The first-order valence-corrected chi connectivity index (χ1v) is 10.9. The minimum atomic E-state index is -0.230. The lowest BCUT2D eigenvalue weighted by Gasteiger charge is -2.34. The zero-order valence-electron chi connectivity index (χ0n) is 19.0. The van der Waals surface area contributed by atoms with Crippen molar-refractivity contribution < 1.29 is 9.53 Å². The van der Waals surface area contributed by atoms with Gasteiger partial charge in [0.05, 0.1) is 30.4 Å². The molecule has 0 aliphatic carbocycles. The Kier molecular flexibility index (Phi) is 5.47. The van der Waals surface area contributed by atoms with Crippen molar-refractivity contribution >= 4 is 34.7 Å². The number of urea groups is 1. The fourth-order valence-electron chi connectivity index (χ4n) is 4.18. The van der Waals surface area contributed by atoms with E-state index >= 15 is 0 Å². The molecule has 9 heteroatoms. The lowest BCUT2D eigenvalue weighted by Crippen LogP contribution is -2.44. The van der Waals surface area contributed by atoms with Gasteiger partial charge in [-0.2, -0.15) is 0 Å². The standard InChI is InChI=1S/C24H27N7O2/c1-29-10-12-31(13-11-29)16-8-9-18(21(14-16)33-3)26-23-25-15-19-22(28-23)17-6-4-5-7-20(17)30(2)24(32)27-19/h4-9,14-15H,10-13H2,1-3H3,(H,27,32)(H,25,26,28). The number of hydrogen-bond acceptors (Lipinski definition) is 7. The van der Waals surface area contributed by atoms with Crippen LogP contribution >= 0.6 is 0 Å². The number of carbonyl (C=O) groups is 1. The number of aromatic nitrogens is 2. The van der Waals surface area contributed by atoms with Gasteiger partial charge in [0.15, 0.2) is 0 Å². The number of nitrogens with one attached hydrogen (secondary N) is 2. The highest BCUT2D eigenvalue weighted by Crippen LogP contribution is 2.38. The summed E-state index contributed by atoms with van der Waals surface area (Å²) >= 11 is 0. The molecule has 3 heterocycles. The Labute approximate surface area is 193 Å². The second kappa shape index (κ2) is 8.59. The maximum Gasteiger partial charge on any atom is 0.326 e. The van der Waals surface area contributed by atoms with Gasteiger partial charge in [-0.25, -0.2) is 14.8 Å². The second-order valence-electron chi connectivity index (χ2n) is 8.26. The quantitative estimate of drug-likeness (QED) is 0.634. The Morgan fingerprint density at radius 1 is 1.06 bits per heavy atom. The van der Waals surface area contributed by atoms with E-state index in [1.165, 1.54) is 0 Å². The van der Waals surface area contributed by atoms with Gasteiger partial charge in [0, 0.05) is 50.5 Å². The average Bonchev–Trinajstić information content (AvgIpc) is 2.94. The number of benzene rings is 2. The van der Waals surface area contributed by atoms with Crippen LogP contribution in [-0.2, 0) is 0 Å². The number of methoxy groups -OCH3 is 1. The van der Waals surface area contributed by atoms with Gasteiger partial charge in [0.1, 0.15) is 11.4 Å². The van der Waals surface area contributed by atoms with Crippen molar-refractivity contribution in [2.75, 3.05) is 67.8 Å². The molecule has 3 aromatic rings. The molecule has 1 fully saturated rings. The first kappa shape index (κ1) is 21.0. The molecule has 5 rings (SSSR count). The number of anilines is 5. The number of ether oxygens (including phenoxy) is 1. The fraction of sp³-hybridized carbons (Fsp3) is 0.292. The first-order valence-electron chi connectivity index (χ1n) is 10.9. The lowest BCUT2D eigenvalue weighted by molar-refractivity contribution is 0.258. The van der Waals surface area contributed by atoms with Crippen LogP contribution in [0.2, 0.25) is 0 Å². The first-order chi connectivity index (χ1) is 16.0. The van der Waals surface area contributed by atoms with E-state index in [1.807, 2.05) is 36.4 Å². The maximum absolute atomic E-state index is 12.5. The van der Waals surface area contributed by atoms with E-state index in [-0.39, 0.29) is 6.03 Å². The van der Waals surface area contributed by atoms with E-state index in [0.717, 1.165) is 54.6 Å². The third-order valence-corrected chi connectivity index (χ3v) is 6.16. The second-order valence-corrected chi connectivity index (χ2v) is 8.26. The minimum Gasteiger partial charge on any atom is -0.494 e. The molecule has 0 radical (unpaired) electrons. The third-order valence-electron chi connectivity index (χ3n) is 6.16. The van der Waals surface area contributed by atoms with Crippen LogP contribution < -0.4 is 25.2 Å². The van der Waals surface area contributed by atoms with Gasteiger partial charge in [-0.15, -0.1) is 0 Å². The maximum atomic E-state index is 12.5. The fourth-order valence-corrected chi connectivity index (χ4v) is 4.18. The van der Waals surface area contributed by atoms with Crippen LogP contribution in [0.25, 0.3) is 11.3 Å². The van der Waals surface area contributed by atoms with E-state index in [0.29, 0.717) is 17.3 Å². The van der Waals surface area contributed by atoms with Gasteiger partial charge >= 0.3 is 6.03 Å². The third kappa shape index (κ3) is 4.03. The molecular weight excluding hydrogens is 418 g/mol. The van der Waals surface area contributed by atoms with Gasteiger partial charge in [-0.1, -0.05) is 18.2 Å². The Balaban J connectivity index is 1.45. The predicted molar refractivity (Wildman–Crippen MR) is 131 cm³/mol. The van der Waals surface area contributed by atoms with Crippen molar-refractivity contribution in [1.82, 2.24) is 14.9 Å². The van der Waals surface area contributed by atoms with E-state index in [4.69, 9.17) is 9.72 Å². The summed E-state index contributed by atoms with van der Waals surface area (Å²) in [5, 5.41) is 6.16. The molecule has 2 aromatic carbocycles. The highest BCUT2D eigenvalue weighted by molar-refractivity contribution is 6.09. The summed E-state index contributed by atoms with van der Waals surface area (Å²) in [6, 6.07) is 13.6. The zero-order valence-corrected chi connectivity index (χ0v) is 19.0. The molecule has 2 aliphatic rings. The Hall–Kier alpha value is -3.85. The predicted octanol–water partition coefficient (Wildman–Crippen LogP) is 3.63. The van der Waals surface area contributed by atoms with Gasteiger partial charge in [0.2, 0.25) is 5.95 Å². The van der Waals surface area contributed by atoms with Crippen LogP contribution in [0.5, 0.6) is 5.75 Å². The molecule has 2 aliphatic heterocycles. The molecular formula is C24H27N7O2. The molecule has 0 bridgehead atoms. The summed E-state index contributed by atoms with van der Waals surface area (Å²) in [5.41, 5.74) is 4.78. The molecule has 170 valence electrons. The minimum absolute atomic E-state index is 0.230. The number of fused-ring (bicyclic) bond motifs is 3. The molecule has 1 saturated heterocycles. The van der Waals surface area contributed by atoms with Crippen LogP contribution in [0, 0.1) is 0 Å². The number of nitrogens with zero attached hydrogens (tertiary/aromatic N) is 5. The molecule has 1 aromatic heterocycles. The summed E-state index contributed by atoms with van der Waals surface area (Å²) in [6.07, 6.45) is 1.63. The van der Waals surface area contributed by atoms with E-state index in [9.17, 15) is 4.79 Å². The van der Waals surface area contributed by atoms with E-state index in [2.05, 4.69) is 38.5 Å². The van der Waals surface area contributed by atoms with E-state index in [1.54, 1.807) is 25.3 Å². The number of amides is 2. The van der Waals surface area contributed by atoms with Crippen LogP contribution in [-0.4, -0.2) is 68.3 Å². The van der Waals surface area contributed by atoms with Gasteiger partial charge < -0.3 is 25.2 Å². The highest BCUT2D eigenvalue weighted by atomic mass is 16.5. The summed E-state index contributed by atoms with van der Waals surface area (Å²) in [7, 11) is 5.54. The normalized spacial score (nSPS) is 15.9. The van der Waals surface area contributed by atoms with Gasteiger partial charge in [-0.05, 0) is 25.2 Å². The van der Waals surface area contributed by atoms with Crippen molar-refractivity contribution in [2.24, 2.45) is 0 Å². The van der Waals surface area contributed by atoms with Crippen molar-refractivity contribution in [3.05, 3.63) is 48.7 Å². The Morgan fingerprint density at radius 2 is 1.85 bits per heavy atom. The van der Waals surface area contributed by atoms with Crippen LogP contribution in [0.4, 0.5) is 33.5 Å². The molecule has 2 N–H and O–H groups in total.